The third-order valence-electron chi connectivity index (χ3n) is 3.03. The third kappa shape index (κ3) is 6.23. The molecule has 0 saturated carbocycles. The Bertz CT molecular complexity index is 506. The molecule has 1 atom stereocenters. The molecule has 0 aliphatic carbocycles. The van der Waals surface area contributed by atoms with Crippen molar-refractivity contribution in [3.63, 3.8) is 0 Å². The summed E-state index contributed by atoms with van der Waals surface area (Å²) >= 11 is 0. The van der Waals surface area contributed by atoms with Crippen LogP contribution < -0.4 is 5.32 Å². The summed E-state index contributed by atoms with van der Waals surface area (Å²) in [5.74, 6) is -1.14. The minimum atomic E-state index is -1.45. The fourth-order valence-electron chi connectivity index (χ4n) is 1.68. The van der Waals surface area contributed by atoms with E-state index in [1.54, 1.807) is 6.08 Å². The summed E-state index contributed by atoms with van der Waals surface area (Å²) in [5.41, 5.74) is 2.15. The first-order chi connectivity index (χ1) is 9.90. The van der Waals surface area contributed by atoms with Crippen LogP contribution in [0.4, 0.5) is 0 Å². The Morgan fingerprint density at radius 2 is 1.86 bits per heavy atom. The summed E-state index contributed by atoms with van der Waals surface area (Å²) in [6.45, 7) is 4.34. The van der Waals surface area contributed by atoms with E-state index in [0.29, 0.717) is 5.92 Å². The molecule has 0 bridgehead atoms. The van der Waals surface area contributed by atoms with Crippen molar-refractivity contribution in [1.29, 1.82) is 0 Å². The molecule has 0 fully saturated rings. The van der Waals surface area contributed by atoms with Gasteiger partial charge in [-0.3, -0.25) is 4.79 Å². The summed E-state index contributed by atoms with van der Waals surface area (Å²) in [6.07, 6.45) is 1.61. The fraction of sp³-hybridized carbons (Fsp3) is 0.375. The number of carbonyl (C=O) groups excluding carboxylic acids is 1. The second-order valence-corrected chi connectivity index (χ2v) is 5.09. The molecule has 1 aromatic rings. The van der Waals surface area contributed by atoms with Crippen LogP contribution in [-0.4, -0.2) is 34.7 Å². The van der Waals surface area contributed by atoms with E-state index in [9.17, 15) is 9.59 Å². The molecular weight excluding hydrogens is 270 g/mol. The van der Waals surface area contributed by atoms with Crippen molar-refractivity contribution in [2.75, 3.05) is 6.54 Å². The van der Waals surface area contributed by atoms with Crippen LogP contribution in [0.5, 0.6) is 0 Å². The lowest BCUT2D eigenvalue weighted by molar-refractivity contribution is -0.147. The Hall–Kier alpha value is -2.14. The molecule has 0 aromatic heterocycles. The molecule has 0 saturated heterocycles. The molecule has 114 valence electrons. The smallest absolute Gasteiger partial charge is 0.332 e. The predicted molar refractivity (Wildman–Crippen MR) is 80.8 cm³/mol. The number of rotatable bonds is 7. The van der Waals surface area contributed by atoms with Crippen LogP contribution >= 0.6 is 0 Å². The summed E-state index contributed by atoms with van der Waals surface area (Å²) in [6, 6.07) is 7.91. The number of aliphatic hydroxyl groups excluding tert-OH is 1. The largest absolute Gasteiger partial charge is 0.479 e. The van der Waals surface area contributed by atoms with Gasteiger partial charge in [-0.05, 0) is 23.1 Å². The van der Waals surface area contributed by atoms with Gasteiger partial charge in [-0.1, -0.05) is 38.1 Å². The van der Waals surface area contributed by atoms with E-state index in [1.807, 2.05) is 24.3 Å². The number of aliphatic carboxylic acids is 1. The van der Waals surface area contributed by atoms with E-state index >= 15 is 0 Å². The standard InChI is InChI=1S/C16H21NO4/c1-11(2)13-6-3-12(4-7-13)5-8-15(19)17-10-9-14(18)16(20)21/h3-8,11,14,18H,9-10H2,1-2H3,(H,17,19)(H,20,21)/b8-5+. The zero-order valence-corrected chi connectivity index (χ0v) is 12.2. The molecule has 3 N–H and O–H groups in total. The van der Waals surface area contributed by atoms with Gasteiger partial charge in [-0.25, -0.2) is 4.79 Å². The van der Waals surface area contributed by atoms with E-state index in [4.69, 9.17) is 10.2 Å². The molecule has 1 unspecified atom stereocenters. The monoisotopic (exact) mass is 291 g/mol. The van der Waals surface area contributed by atoms with Crippen LogP contribution in [-0.2, 0) is 9.59 Å². The van der Waals surface area contributed by atoms with Gasteiger partial charge < -0.3 is 15.5 Å². The average molecular weight is 291 g/mol. The molecule has 5 heteroatoms. The van der Waals surface area contributed by atoms with Crippen molar-refractivity contribution in [2.24, 2.45) is 0 Å². The molecule has 5 nitrogen and oxygen atoms in total. The van der Waals surface area contributed by atoms with E-state index in [-0.39, 0.29) is 18.9 Å². The Morgan fingerprint density at radius 3 is 2.38 bits per heavy atom. The number of nitrogens with one attached hydrogen (secondary N) is 1. The maximum atomic E-state index is 11.5. The molecule has 21 heavy (non-hydrogen) atoms. The summed E-state index contributed by atoms with van der Waals surface area (Å²) in [5, 5.41) is 20.1. The molecule has 0 heterocycles. The van der Waals surface area contributed by atoms with Crippen LogP contribution in [0.3, 0.4) is 0 Å². The van der Waals surface area contributed by atoms with Gasteiger partial charge in [0.1, 0.15) is 0 Å². The highest BCUT2D eigenvalue weighted by molar-refractivity contribution is 5.91. The maximum Gasteiger partial charge on any atom is 0.332 e. The number of carboxylic acids is 1. The number of amides is 1. The second-order valence-electron chi connectivity index (χ2n) is 5.09. The second kappa shape index (κ2) is 8.21. The number of carbonyl (C=O) groups is 2. The highest BCUT2D eigenvalue weighted by Crippen LogP contribution is 2.15. The van der Waals surface area contributed by atoms with E-state index in [2.05, 4.69) is 19.2 Å². The molecule has 1 rings (SSSR count). The maximum absolute atomic E-state index is 11.5. The first-order valence-electron chi connectivity index (χ1n) is 6.87. The van der Waals surface area contributed by atoms with E-state index in [1.165, 1.54) is 11.6 Å². The lowest BCUT2D eigenvalue weighted by atomic mass is 10.0. The molecular formula is C16H21NO4. The van der Waals surface area contributed by atoms with Crippen molar-refractivity contribution in [3.05, 3.63) is 41.5 Å². The van der Waals surface area contributed by atoms with Gasteiger partial charge in [0.05, 0.1) is 0 Å². The van der Waals surface area contributed by atoms with Gasteiger partial charge >= 0.3 is 5.97 Å². The first kappa shape index (κ1) is 16.9. The van der Waals surface area contributed by atoms with Gasteiger partial charge in [0.2, 0.25) is 5.91 Å². The lowest BCUT2D eigenvalue weighted by Crippen LogP contribution is -2.28. The van der Waals surface area contributed by atoms with Crippen LogP contribution in [0, 0.1) is 0 Å². The molecule has 0 spiro atoms. The van der Waals surface area contributed by atoms with E-state index in [0.717, 1.165) is 5.56 Å². The molecule has 0 aliphatic heterocycles. The fourth-order valence-corrected chi connectivity index (χ4v) is 1.68. The first-order valence-corrected chi connectivity index (χ1v) is 6.87. The van der Waals surface area contributed by atoms with E-state index < -0.39 is 12.1 Å². The summed E-state index contributed by atoms with van der Waals surface area (Å²) < 4.78 is 0. The Balaban J connectivity index is 2.41. The quantitative estimate of drug-likeness (QED) is 0.668. The van der Waals surface area contributed by atoms with Gasteiger partial charge in [-0.15, -0.1) is 0 Å². The highest BCUT2D eigenvalue weighted by atomic mass is 16.4. The van der Waals surface area contributed by atoms with Crippen molar-refractivity contribution in [3.8, 4) is 0 Å². The van der Waals surface area contributed by atoms with Gasteiger partial charge in [0.25, 0.3) is 0 Å². The topological polar surface area (TPSA) is 86.6 Å². The van der Waals surface area contributed by atoms with Crippen LogP contribution in [0.25, 0.3) is 6.08 Å². The van der Waals surface area contributed by atoms with Crippen LogP contribution in [0.2, 0.25) is 0 Å². The molecule has 0 radical (unpaired) electrons. The normalized spacial score (nSPS) is 12.6. The van der Waals surface area contributed by atoms with Gasteiger partial charge in [-0.2, -0.15) is 0 Å². The molecule has 1 amide bonds. The minimum absolute atomic E-state index is 0.0159. The zero-order valence-electron chi connectivity index (χ0n) is 12.2. The summed E-state index contributed by atoms with van der Waals surface area (Å²) in [7, 11) is 0. The summed E-state index contributed by atoms with van der Waals surface area (Å²) in [4.78, 5) is 21.9. The SMILES string of the molecule is CC(C)c1ccc(/C=C/C(=O)NCCC(O)C(=O)O)cc1. The average Bonchev–Trinajstić information content (AvgIpc) is 2.45. The van der Waals surface area contributed by atoms with Crippen LogP contribution in [0.1, 0.15) is 37.3 Å². The van der Waals surface area contributed by atoms with Crippen molar-refractivity contribution >= 4 is 18.0 Å². The molecule has 0 aliphatic rings. The number of benzene rings is 1. The minimum Gasteiger partial charge on any atom is -0.479 e. The Kier molecular flexibility index (Phi) is 6.62. The van der Waals surface area contributed by atoms with Gasteiger partial charge in [0, 0.05) is 19.0 Å². The highest BCUT2D eigenvalue weighted by Gasteiger charge is 2.12. The number of hydrogen-bond acceptors (Lipinski definition) is 3. The third-order valence-corrected chi connectivity index (χ3v) is 3.03. The Morgan fingerprint density at radius 1 is 1.24 bits per heavy atom. The van der Waals surface area contributed by atoms with Crippen LogP contribution in [0.15, 0.2) is 30.3 Å². The number of carboxylic acid groups (broad SMARTS) is 1. The Labute approximate surface area is 124 Å². The van der Waals surface area contributed by atoms with Crippen molar-refractivity contribution in [2.45, 2.75) is 32.3 Å². The number of hydrogen-bond donors (Lipinski definition) is 3. The van der Waals surface area contributed by atoms with Gasteiger partial charge in [0.15, 0.2) is 6.10 Å². The lowest BCUT2D eigenvalue weighted by Gasteiger charge is -2.06. The zero-order chi connectivity index (χ0) is 15.8. The molecule has 1 aromatic carbocycles. The van der Waals surface area contributed by atoms with Crippen molar-refractivity contribution < 1.29 is 19.8 Å². The van der Waals surface area contributed by atoms with Crippen molar-refractivity contribution in [1.82, 2.24) is 5.32 Å². The number of aliphatic hydroxyl groups is 1. The predicted octanol–water partition coefficient (Wildman–Crippen LogP) is 1.78.